The molecule has 0 saturated heterocycles. The predicted molar refractivity (Wildman–Crippen MR) is 110 cm³/mol. The third kappa shape index (κ3) is 3.49. The van der Waals surface area contributed by atoms with Crippen LogP contribution in [0, 0.1) is 11.3 Å². The first-order valence-electron chi connectivity index (χ1n) is 8.88. The van der Waals surface area contributed by atoms with Gasteiger partial charge in [0.2, 0.25) is 0 Å². The molecular formula is C20H19N5OS. The average Bonchev–Trinajstić information content (AvgIpc) is 3.18. The van der Waals surface area contributed by atoms with Crippen LogP contribution in [0.2, 0.25) is 0 Å². The Balaban J connectivity index is 1.62. The van der Waals surface area contributed by atoms with E-state index in [1.807, 2.05) is 47.6 Å². The van der Waals surface area contributed by atoms with Crippen molar-refractivity contribution in [1.29, 1.82) is 5.26 Å². The molecule has 2 aliphatic rings. The van der Waals surface area contributed by atoms with Crippen LogP contribution >= 0.6 is 11.9 Å². The summed E-state index contributed by atoms with van der Waals surface area (Å²) in [7, 11) is 0. The Morgan fingerprint density at radius 2 is 2.26 bits per heavy atom. The zero-order chi connectivity index (χ0) is 18.6. The van der Waals surface area contributed by atoms with Gasteiger partial charge in [0.1, 0.15) is 29.0 Å². The third-order valence-electron chi connectivity index (χ3n) is 4.27. The molecule has 7 heteroatoms. The Hall–Kier alpha value is -2.98. The maximum Gasteiger partial charge on any atom is 0.147 e. The van der Waals surface area contributed by atoms with Crippen LogP contribution in [-0.2, 0) is 0 Å². The molecular weight excluding hydrogens is 358 g/mol. The van der Waals surface area contributed by atoms with Gasteiger partial charge in [0.25, 0.3) is 0 Å². The summed E-state index contributed by atoms with van der Waals surface area (Å²) < 4.78 is 9.31. The summed E-state index contributed by atoms with van der Waals surface area (Å²) in [5.74, 6) is 3.09. The molecule has 0 aliphatic carbocycles. The monoisotopic (exact) mass is 377 g/mol. The highest BCUT2D eigenvalue weighted by Crippen LogP contribution is 2.35. The fourth-order valence-corrected chi connectivity index (χ4v) is 3.62. The van der Waals surface area contributed by atoms with E-state index in [-0.39, 0.29) is 0 Å². The molecule has 0 atom stereocenters. The lowest BCUT2D eigenvalue weighted by Crippen LogP contribution is -2.29. The Labute approximate surface area is 162 Å². The van der Waals surface area contributed by atoms with E-state index >= 15 is 0 Å². The molecule has 0 amide bonds. The fourth-order valence-electron chi connectivity index (χ4n) is 2.99. The zero-order valence-corrected chi connectivity index (χ0v) is 15.8. The first kappa shape index (κ1) is 17.4. The minimum atomic E-state index is 0.497. The van der Waals surface area contributed by atoms with Gasteiger partial charge < -0.3 is 14.4 Å². The molecule has 6 nitrogen and oxygen atoms in total. The predicted octanol–water partition coefficient (Wildman–Crippen LogP) is 4.56. The molecule has 0 spiro atoms. The van der Waals surface area contributed by atoms with Crippen LogP contribution in [0.3, 0.4) is 0 Å². The molecule has 0 fully saturated rings. The van der Waals surface area contributed by atoms with Gasteiger partial charge in [-0.05, 0) is 36.8 Å². The number of fused-ring (bicyclic) bond motifs is 3. The summed E-state index contributed by atoms with van der Waals surface area (Å²) >= 11 is 1.59. The number of nitrogens with zero attached hydrogens (tertiary/aromatic N) is 4. The molecule has 0 unspecified atom stereocenters. The number of hydrogen-bond donors (Lipinski definition) is 1. The van der Waals surface area contributed by atoms with Crippen LogP contribution in [-0.4, -0.2) is 35.9 Å². The van der Waals surface area contributed by atoms with E-state index in [0.717, 1.165) is 48.0 Å². The first-order chi connectivity index (χ1) is 13.3. The SMILES string of the molecule is CCCSNc1cccc(Oc2ccc3c(c2)C2=NCCN2C=N3)c1C#N. The Kier molecular flexibility index (Phi) is 4.99. The van der Waals surface area contributed by atoms with Gasteiger partial charge in [-0.1, -0.05) is 24.9 Å². The molecule has 0 bridgehead atoms. The smallest absolute Gasteiger partial charge is 0.147 e. The van der Waals surface area contributed by atoms with E-state index in [9.17, 15) is 5.26 Å². The molecule has 27 heavy (non-hydrogen) atoms. The highest BCUT2D eigenvalue weighted by Gasteiger charge is 2.24. The molecule has 2 heterocycles. The highest BCUT2D eigenvalue weighted by molar-refractivity contribution is 8.00. The largest absolute Gasteiger partial charge is 0.456 e. The van der Waals surface area contributed by atoms with Gasteiger partial charge in [-0.25, -0.2) is 4.99 Å². The summed E-state index contributed by atoms with van der Waals surface area (Å²) in [6.45, 7) is 3.74. The van der Waals surface area contributed by atoms with Gasteiger partial charge in [0.15, 0.2) is 0 Å². The van der Waals surface area contributed by atoms with E-state index in [0.29, 0.717) is 17.1 Å². The number of ether oxygens (including phenoxy) is 1. The maximum absolute atomic E-state index is 9.62. The van der Waals surface area contributed by atoms with Crippen LogP contribution in [0.5, 0.6) is 11.5 Å². The van der Waals surface area contributed by atoms with Gasteiger partial charge in [0, 0.05) is 17.9 Å². The molecule has 2 aliphatic heterocycles. The normalized spacial score (nSPS) is 14.2. The lowest BCUT2D eigenvalue weighted by Gasteiger charge is -2.21. The minimum Gasteiger partial charge on any atom is -0.456 e. The first-order valence-corrected chi connectivity index (χ1v) is 9.87. The van der Waals surface area contributed by atoms with Crippen molar-refractivity contribution >= 4 is 35.5 Å². The van der Waals surface area contributed by atoms with E-state index in [4.69, 9.17) is 4.74 Å². The molecule has 136 valence electrons. The van der Waals surface area contributed by atoms with Crippen molar-refractivity contribution in [2.75, 3.05) is 23.6 Å². The summed E-state index contributed by atoms with van der Waals surface area (Å²) in [4.78, 5) is 11.1. The molecule has 2 aromatic rings. The molecule has 0 radical (unpaired) electrons. The summed E-state index contributed by atoms with van der Waals surface area (Å²) in [5, 5.41) is 9.62. The molecule has 2 aromatic carbocycles. The quantitative estimate of drug-likeness (QED) is 0.590. The van der Waals surface area contributed by atoms with Crippen LogP contribution in [0.4, 0.5) is 11.4 Å². The minimum absolute atomic E-state index is 0.497. The standard InChI is InChI=1S/C20H19N5OS/c1-2-10-27-24-18-4-3-5-19(16(18)12-21)26-14-6-7-17-15(11-14)20-22-8-9-25(20)13-23-17/h3-7,11,13,24H,2,8-10H2,1H3. The van der Waals surface area contributed by atoms with Gasteiger partial charge in [-0.2, -0.15) is 5.26 Å². The van der Waals surface area contributed by atoms with Gasteiger partial charge >= 0.3 is 0 Å². The van der Waals surface area contributed by atoms with Gasteiger partial charge in [0.05, 0.1) is 24.3 Å². The number of hydrogen-bond acceptors (Lipinski definition) is 7. The Morgan fingerprint density at radius 1 is 1.33 bits per heavy atom. The number of nitrogens with one attached hydrogen (secondary N) is 1. The lowest BCUT2D eigenvalue weighted by atomic mass is 10.1. The van der Waals surface area contributed by atoms with Gasteiger partial charge in [-0.15, -0.1) is 0 Å². The zero-order valence-electron chi connectivity index (χ0n) is 15.0. The number of aliphatic imine (C=N–C) groups is 2. The van der Waals surface area contributed by atoms with Crippen molar-refractivity contribution in [3.05, 3.63) is 47.5 Å². The second-order valence-corrected chi connectivity index (χ2v) is 7.07. The van der Waals surface area contributed by atoms with E-state index in [2.05, 4.69) is 27.7 Å². The number of anilines is 1. The number of rotatable bonds is 6. The number of benzene rings is 2. The van der Waals surface area contributed by atoms with Crippen LogP contribution < -0.4 is 9.46 Å². The molecule has 0 saturated carbocycles. The van der Waals surface area contributed by atoms with Crippen molar-refractivity contribution in [2.45, 2.75) is 13.3 Å². The van der Waals surface area contributed by atoms with Crippen molar-refractivity contribution < 1.29 is 4.74 Å². The fraction of sp³-hybridized carbons (Fsp3) is 0.250. The van der Waals surface area contributed by atoms with Gasteiger partial charge in [-0.3, -0.25) is 4.99 Å². The van der Waals surface area contributed by atoms with Crippen molar-refractivity contribution in [3.8, 4) is 17.6 Å². The third-order valence-corrected chi connectivity index (χ3v) is 5.25. The van der Waals surface area contributed by atoms with E-state index in [1.54, 1.807) is 11.9 Å². The van der Waals surface area contributed by atoms with Crippen molar-refractivity contribution in [1.82, 2.24) is 4.90 Å². The molecule has 0 aromatic heterocycles. The van der Waals surface area contributed by atoms with Crippen molar-refractivity contribution in [2.24, 2.45) is 9.98 Å². The van der Waals surface area contributed by atoms with Crippen LogP contribution in [0.25, 0.3) is 0 Å². The molecule has 1 N–H and O–H groups in total. The number of nitriles is 1. The number of amidine groups is 1. The summed E-state index contributed by atoms with van der Waals surface area (Å²) in [6, 6.07) is 13.6. The second kappa shape index (κ2) is 7.72. The van der Waals surface area contributed by atoms with E-state index < -0.39 is 0 Å². The Morgan fingerprint density at radius 3 is 3.11 bits per heavy atom. The summed E-state index contributed by atoms with van der Waals surface area (Å²) in [6.07, 6.45) is 2.89. The maximum atomic E-state index is 9.62. The average molecular weight is 377 g/mol. The van der Waals surface area contributed by atoms with Crippen LogP contribution in [0.1, 0.15) is 24.5 Å². The molecule has 4 rings (SSSR count). The van der Waals surface area contributed by atoms with Crippen molar-refractivity contribution in [3.63, 3.8) is 0 Å². The van der Waals surface area contributed by atoms with E-state index in [1.165, 1.54) is 0 Å². The second-order valence-electron chi connectivity index (χ2n) is 6.17. The highest BCUT2D eigenvalue weighted by atomic mass is 32.2. The van der Waals surface area contributed by atoms with Crippen LogP contribution in [0.15, 0.2) is 46.4 Å². The topological polar surface area (TPSA) is 73.0 Å². The Bertz CT molecular complexity index is 963. The summed E-state index contributed by atoms with van der Waals surface area (Å²) in [5.41, 5.74) is 3.10. The lowest BCUT2D eigenvalue weighted by molar-refractivity contribution is 0.481.